The third kappa shape index (κ3) is 6.94. The molecule has 0 fully saturated rings. The molecule has 6 heteroatoms. The average molecular weight is 200 g/mol. The van der Waals surface area contributed by atoms with Crippen LogP contribution in [0.1, 0.15) is 13.3 Å². The summed E-state index contributed by atoms with van der Waals surface area (Å²) in [6.07, 6.45) is 5.41. The normalized spacial score (nSPS) is 11.1. The molecule has 0 spiro atoms. The second kappa shape index (κ2) is 6.74. The summed E-state index contributed by atoms with van der Waals surface area (Å²) in [7, 11) is 0. The molecule has 78 valence electrons. The molecule has 0 aromatic carbocycles. The average Bonchev–Trinajstić information content (AvgIpc) is 2.03. The van der Waals surface area contributed by atoms with E-state index in [1.807, 2.05) is 5.48 Å². The van der Waals surface area contributed by atoms with Crippen molar-refractivity contribution >= 4 is 12.0 Å². The van der Waals surface area contributed by atoms with Gasteiger partial charge in [-0.3, -0.25) is 4.84 Å². The molecule has 2 amide bonds. The molecule has 0 saturated carbocycles. The summed E-state index contributed by atoms with van der Waals surface area (Å²) in [5, 5.41) is 10.6. The topological polar surface area (TPSA) is 87.7 Å². The van der Waals surface area contributed by atoms with Gasteiger partial charge in [0, 0.05) is 12.5 Å². The molecule has 1 unspecified atom stereocenters. The van der Waals surface area contributed by atoms with E-state index in [9.17, 15) is 9.59 Å². The zero-order chi connectivity index (χ0) is 11.0. The summed E-state index contributed by atoms with van der Waals surface area (Å²) in [6.45, 7) is 1.13. The van der Waals surface area contributed by atoms with E-state index in [4.69, 9.17) is 11.5 Å². The van der Waals surface area contributed by atoms with E-state index >= 15 is 0 Å². The lowest BCUT2D eigenvalue weighted by Gasteiger charge is -2.10. The number of urea groups is 1. The lowest BCUT2D eigenvalue weighted by Crippen LogP contribution is -2.41. The van der Waals surface area contributed by atoms with Gasteiger partial charge in [0.2, 0.25) is 0 Å². The maximum atomic E-state index is 10.9. The zero-order valence-corrected chi connectivity index (χ0v) is 7.74. The van der Waals surface area contributed by atoms with Crippen molar-refractivity contribution in [1.29, 1.82) is 0 Å². The Morgan fingerprint density at radius 2 is 2.29 bits per heavy atom. The predicted octanol–water partition coefficient (Wildman–Crippen LogP) is -0.286. The van der Waals surface area contributed by atoms with Crippen LogP contribution in [0.2, 0.25) is 0 Å². The van der Waals surface area contributed by atoms with Gasteiger partial charge in [-0.15, -0.1) is 12.3 Å². The third-order valence-corrected chi connectivity index (χ3v) is 1.16. The molecule has 0 bridgehead atoms. The Balaban J connectivity index is 3.56. The van der Waals surface area contributed by atoms with E-state index in [0.717, 1.165) is 0 Å². The SMILES string of the molecule is C#CCC(C)NC(=O)NOCC(=O)O. The number of hydrogen-bond acceptors (Lipinski definition) is 3. The first kappa shape index (κ1) is 12.3. The minimum atomic E-state index is -1.16. The standard InChI is InChI=1S/C8H12N2O4/c1-3-4-6(2)9-8(13)10-14-5-7(11)12/h1,6H,4-5H2,2H3,(H,11,12)(H2,9,10,13). The number of rotatable bonds is 5. The molecule has 0 aromatic heterocycles. The number of carbonyl (C=O) groups excluding carboxylic acids is 1. The third-order valence-electron chi connectivity index (χ3n) is 1.16. The first-order valence-corrected chi connectivity index (χ1v) is 3.89. The van der Waals surface area contributed by atoms with Crippen molar-refractivity contribution in [3.05, 3.63) is 0 Å². The van der Waals surface area contributed by atoms with Gasteiger partial charge in [0.1, 0.15) is 0 Å². The highest BCUT2D eigenvalue weighted by Gasteiger charge is 2.05. The van der Waals surface area contributed by atoms with Crippen molar-refractivity contribution in [2.75, 3.05) is 6.61 Å². The maximum absolute atomic E-state index is 10.9. The van der Waals surface area contributed by atoms with Gasteiger partial charge in [-0.1, -0.05) is 0 Å². The van der Waals surface area contributed by atoms with Crippen molar-refractivity contribution in [3.8, 4) is 12.3 Å². The van der Waals surface area contributed by atoms with Crippen molar-refractivity contribution < 1.29 is 19.5 Å². The van der Waals surface area contributed by atoms with Crippen LogP contribution in [0.3, 0.4) is 0 Å². The highest BCUT2D eigenvalue weighted by molar-refractivity contribution is 5.73. The van der Waals surface area contributed by atoms with Crippen molar-refractivity contribution in [3.63, 3.8) is 0 Å². The highest BCUT2D eigenvalue weighted by Crippen LogP contribution is 1.86. The number of aliphatic carboxylic acids is 1. The number of nitrogens with one attached hydrogen (secondary N) is 2. The summed E-state index contributed by atoms with van der Waals surface area (Å²) in [4.78, 5) is 25.2. The molecular formula is C8H12N2O4. The van der Waals surface area contributed by atoms with E-state index in [1.54, 1.807) is 6.92 Å². The molecule has 6 nitrogen and oxygen atoms in total. The Morgan fingerprint density at radius 3 is 2.79 bits per heavy atom. The largest absolute Gasteiger partial charge is 0.479 e. The summed E-state index contributed by atoms with van der Waals surface area (Å²) in [6, 6.07) is -0.803. The molecule has 0 aliphatic carbocycles. The summed E-state index contributed by atoms with van der Waals surface area (Å²) >= 11 is 0. The predicted molar refractivity (Wildman–Crippen MR) is 48.2 cm³/mol. The first-order chi connectivity index (χ1) is 6.56. The van der Waals surface area contributed by atoms with Crippen molar-refractivity contribution in [1.82, 2.24) is 10.8 Å². The van der Waals surface area contributed by atoms with Crippen LogP contribution in [0, 0.1) is 12.3 Å². The Labute approximate surface area is 81.6 Å². The van der Waals surface area contributed by atoms with Crippen LogP contribution in [-0.2, 0) is 9.63 Å². The molecule has 1 atom stereocenters. The molecule has 0 rings (SSSR count). The van der Waals surface area contributed by atoms with Gasteiger partial charge < -0.3 is 10.4 Å². The van der Waals surface area contributed by atoms with Gasteiger partial charge >= 0.3 is 12.0 Å². The van der Waals surface area contributed by atoms with E-state index in [-0.39, 0.29) is 6.04 Å². The molecule has 3 N–H and O–H groups in total. The molecule has 0 saturated heterocycles. The molecule has 0 radical (unpaired) electrons. The minimum Gasteiger partial charge on any atom is -0.479 e. The molecule has 0 aliphatic rings. The number of hydroxylamine groups is 1. The van der Waals surface area contributed by atoms with Crippen LogP contribution >= 0.6 is 0 Å². The van der Waals surface area contributed by atoms with Gasteiger partial charge in [0.25, 0.3) is 0 Å². The second-order valence-electron chi connectivity index (χ2n) is 2.57. The summed E-state index contributed by atoms with van der Waals surface area (Å²) in [5.74, 6) is 1.20. The summed E-state index contributed by atoms with van der Waals surface area (Å²) < 4.78 is 0. The Kier molecular flexibility index (Phi) is 5.90. The van der Waals surface area contributed by atoms with Gasteiger partial charge in [0.15, 0.2) is 6.61 Å². The van der Waals surface area contributed by atoms with E-state index in [0.29, 0.717) is 6.42 Å². The van der Waals surface area contributed by atoms with Crippen LogP contribution in [0.4, 0.5) is 4.79 Å². The van der Waals surface area contributed by atoms with Crippen LogP contribution < -0.4 is 10.8 Å². The number of carboxylic acids is 1. The van der Waals surface area contributed by atoms with E-state index in [1.165, 1.54) is 0 Å². The van der Waals surface area contributed by atoms with Crippen LogP contribution in [0.5, 0.6) is 0 Å². The number of terminal acetylenes is 1. The smallest absolute Gasteiger partial charge is 0.338 e. The molecule has 0 aliphatic heterocycles. The second-order valence-corrected chi connectivity index (χ2v) is 2.57. The first-order valence-electron chi connectivity index (χ1n) is 3.89. The van der Waals surface area contributed by atoms with Crippen LogP contribution in [0.15, 0.2) is 0 Å². The van der Waals surface area contributed by atoms with Crippen LogP contribution in [0.25, 0.3) is 0 Å². The molecule has 0 aromatic rings. The number of amides is 2. The van der Waals surface area contributed by atoms with Gasteiger partial charge in [-0.05, 0) is 6.92 Å². The highest BCUT2D eigenvalue weighted by atomic mass is 16.7. The van der Waals surface area contributed by atoms with Gasteiger partial charge in [0.05, 0.1) is 0 Å². The lowest BCUT2D eigenvalue weighted by atomic mass is 10.2. The molecular weight excluding hydrogens is 188 g/mol. The number of carbonyl (C=O) groups is 2. The van der Waals surface area contributed by atoms with E-state index in [2.05, 4.69) is 16.1 Å². The Morgan fingerprint density at radius 1 is 1.64 bits per heavy atom. The monoisotopic (exact) mass is 200 g/mol. The van der Waals surface area contributed by atoms with Crippen molar-refractivity contribution in [2.24, 2.45) is 0 Å². The van der Waals surface area contributed by atoms with Crippen molar-refractivity contribution in [2.45, 2.75) is 19.4 Å². The van der Waals surface area contributed by atoms with Gasteiger partial charge in [-0.25, -0.2) is 15.1 Å². The quantitative estimate of drug-likeness (QED) is 0.420. The lowest BCUT2D eigenvalue weighted by molar-refractivity contribution is -0.144. The Bertz CT molecular complexity index is 246. The minimum absolute atomic E-state index is 0.187. The van der Waals surface area contributed by atoms with Crippen LogP contribution in [-0.4, -0.2) is 29.8 Å². The maximum Gasteiger partial charge on any atom is 0.338 e. The molecule has 0 heterocycles. The fourth-order valence-corrected chi connectivity index (χ4v) is 0.644. The van der Waals surface area contributed by atoms with Gasteiger partial charge in [-0.2, -0.15) is 0 Å². The number of hydrogen-bond donors (Lipinski definition) is 3. The summed E-state index contributed by atoms with van der Waals surface area (Å²) in [5.41, 5.74) is 1.90. The van der Waals surface area contributed by atoms with E-state index < -0.39 is 18.6 Å². The Hall–Kier alpha value is -1.74. The molecule has 14 heavy (non-hydrogen) atoms. The zero-order valence-electron chi connectivity index (χ0n) is 7.74. The number of carboxylic acid groups (broad SMARTS) is 1. The fourth-order valence-electron chi connectivity index (χ4n) is 0.644. The fraction of sp³-hybridized carbons (Fsp3) is 0.500.